The standard InChI is InChI=1S/C22H23Cl3N4OS/c1-2-15-20(22(30)27-28-11-5-3-4-6-12-28)26-29(17-8-7-14(23)13-16(17)24)21(15)18-9-10-19(25)31-18/h7-10,13H,2-6,11-12H2,1H3,(H,27,30). The smallest absolute Gasteiger partial charge is 0.283 e. The quantitative estimate of drug-likeness (QED) is 0.429. The Morgan fingerprint density at radius 1 is 1.10 bits per heavy atom. The van der Waals surface area contributed by atoms with E-state index in [0.29, 0.717) is 32.2 Å². The summed E-state index contributed by atoms with van der Waals surface area (Å²) in [6.07, 6.45) is 5.18. The van der Waals surface area contributed by atoms with E-state index in [4.69, 9.17) is 39.9 Å². The van der Waals surface area contributed by atoms with Gasteiger partial charge in [-0.3, -0.25) is 10.2 Å². The van der Waals surface area contributed by atoms with Crippen molar-refractivity contribution in [3.8, 4) is 16.3 Å². The summed E-state index contributed by atoms with van der Waals surface area (Å²) in [4.78, 5) is 14.2. The monoisotopic (exact) mass is 496 g/mol. The Bertz CT molecular complexity index is 1090. The first-order valence-electron chi connectivity index (χ1n) is 10.4. The van der Waals surface area contributed by atoms with E-state index >= 15 is 0 Å². The molecule has 2 aromatic heterocycles. The summed E-state index contributed by atoms with van der Waals surface area (Å²) in [6.45, 7) is 3.72. The van der Waals surface area contributed by atoms with Gasteiger partial charge in [0.2, 0.25) is 0 Å². The van der Waals surface area contributed by atoms with Crippen LogP contribution in [0.4, 0.5) is 0 Å². The number of hydrazine groups is 1. The molecule has 0 aliphatic carbocycles. The normalized spacial score (nSPS) is 15.1. The zero-order chi connectivity index (χ0) is 22.0. The van der Waals surface area contributed by atoms with Crippen molar-refractivity contribution in [3.05, 3.63) is 56.0 Å². The lowest BCUT2D eigenvalue weighted by atomic mass is 10.1. The summed E-state index contributed by atoms with van der Waals surface area (Å²) >= 11 is 20.3. The number of halogens is 3. The molecule has 4 rings (SSSR count). The Hall–Kier alpha value is -1.57. The molecule has 0 radical (unpaired) electrons. The van der Waals surface area contributed by atoms with Crippen LogP contribution in [0.2, 0.25) is 14.4 Å². The number of hydrogen-bond donors (Lipinski definition) is 1. The van der Waals surface area contributed by atoms with Crippen molar-refractivity contribution < 1.29 is 4.79 Å². The highest BCUT2D eigenvalue weighted by Gasteiger charge is 2.26. The molecule has 5 nitrogen and oxygen atoms in total. The van der Waals surface area contributed by atoms with E-state index in [9.17, 15) is 4.79 Å². The van der Waals surface area contributed by atoms with Gasteiger partial charge in [0.1, 0.15) is 0 Å². The molecule has 0 saturated carbocycles. The van der Waals surface area contributed by atoms with E-state index in [2.05, 4.69) is 5.43 Å². The highest BCUT2D eigenvalue weighted by molar-refractivity contribution is 7.19. The third kappa shape index (κ3) is 4.94. The minimum Gasteiger partial charge on any atom is -0.283 e. The van der Waals surface area contributed by atoms with Gasteiger partial charge in [-0.15, -0.1) is 11.3 Å². The van der Waals surface area contributed by atoms with Gasteiger partial charge in [0.15, 0.2) is 5.69 Å². The number of thiophene rings is 1. The molecule has 1 aliphatic heterocycles. The van der Waals surface area contributed by atoms with Crippen molar-refractivity contribution in [2.45, 2.75) is 39.0 Å². The summed E-state index contributed by atoms with van der Waals surface area (Å²) in [7, 11) is 0. The zero-order valence-electron chi connectivity index (χ0n) is 17.1. The van der Waals surface area contributed by atoms with Gasteiger partial charge >= 0.3 is 0 Å². The van der Waals surface area contributed by atoms with Gasteiger partial charge in [-0.05, 0) is 49.6 Å². The molecule has 1 aromatic carbocycles. The molecule has 0 unspecified atom stereocenters. The molecule has 31 heavy (non-hydrogen) atoms. The van der Waals surface area contributed by atoms with E-state index < -0.39 is 0 Å². The number of carbonyl (C=O) groups is 1. The summed E-state index contributed by atoms with van der Waals surface area (Å²) in [5, 5.41) is 7.73. The molecule has 9 heteroatoms. The molecular weight excluding hydrogens is 475 g/mol. The van der Waals surface area contributed by atoms with Gasteiger partial charge in [-0.1, -0.05) is 54.6 Å². The largest absolute Gasteiger partial charge is 0.286 e. The molecule has 164 valence electrons. The molecule has 1 fully saturated rings. The van der Waals surface area contributed by atoms with Crippen LogP contribution in [0.3, 0.4) is 0 Å². The van der Waals surface area contributed by atoms with E-state index in [1.165, 1.54) is 24.2 Å². The molecule has 3 aromatic rings. The summed E-state index contributed by atoms with van der Waals surface area (Å²) in [5.74, 6) is -0.202. The average molecular weight is 498 g/mol. The topological polar surface area (TPSA) is 50.2 Å². The Morgan fingerprint density at radius 2 is 1.84 bits per heavy atom. The van der Waals surface area contributed by atoms with Crippen LogP contribution < -0.4 is 5.43 Å². The van der Waals surface area contributed by atoms with Crippen molar-refractivity contribution >= 4 is 52.0 Å². The first-order chi connectivity index (χ1) is 15.0. The average Bonchev–Trinajstić information content (AvgIpc) is 3.23. The number of hydrogen-bond acceptors (Lipinski definition) is 4. The van der Waals surface area contributed by atoms with Gasteiger partial charge in [0, 0.05) is 23.7 Å². The number of carbonyl (C=O) groups excluding carboxylic acids is 1. The number of rotatable bonds is 5. The van der Waals surface area contributed by atoms with Gasteiger partial charge in [-0.2, -0.15) is 5.10 Å². The summed E-state index contributed by atoms with van der Waals surface area (Å²) < 4.78 is 2.40. The van der Waals surface area contributed by atoms with Crippen LogP contribution in [0.25, 0.3) is 16.3 Å². The maximum absolute atomic E-state index is 13.3. The Kier molecular flexibility index (Phi) is 7.24. The second-order valence-corrected chi connectivity index (χ2v) is 10.0. The third-order valence-electron chi connectivity index (χ3n) is 5.36. The minimum atomic E-state index is -0.202. The van der Waals surface area contributed by atoms with Crippen LogP contribution in [-0.4, -0.2) is 33.8 Å². The lowest BCUT2D eigenvalue weighted by Crippen LogP contribution is -2.43. The second-order valence-electron chi connectivity index (χ2n) is 7.48. The van der Waals surface area contributed by atoms with Crippen molar-refractivity contribution in [1.82, 2.24) is 20.2 Å². The first-order valence-corrected chi connectivity index (χ1v) is 12.3. The predicted molar refractivity (Wildman–Crippen MR) is 129 cm³/mol. The van der Waals surface area contributed by atoms with E-state index in [1.807, 2.05) is 30.1 Å². The van der Waals surface area contributed by atoms with Crippen molar-refractivity contribution in [1.29, 1.82) is 0 Å². The van der Waals surface area contributed by atoms with Crippen LogP contribution in [-0.2, 0) is 6.42 Å². The van der Waals surface area contributed by atoms with Crippen LogP contribution >= 0.6 is 46.1 Å². The van der Waals surface area contributed by atoms with Crippen LogP contribution in [0.15, 0.2) is 30.3 Å². The lowest BCUT2D eigenvalue weighted by molar-refractivity contribution is 0.0787. The van der Waals surface area contributed by atoms with Crippen molar-refractivity contribution in [2.24, 2.45) is 0 Å². The number of nitrogens with zero attached hydrogens (tertiary/aromatic N) is 3. The fraction of sp³-hybridized carbons (Fsp3) is 0.364. The summed E-state index contributed by atoms with van der Waals surface area (Å²) in [6, 6.07) is 9.04. The molecule has 1 amide bonds. The predicted octanol–water partition coefficient (Wildman–Crippen LogP) is 6.64. The second kappa shape index (κ2) is 9.92. The van der Waals surface area contributed by atoms with Crippen molar-refractivity contribution in [2.75, 3.05) is 13.1 Å². The van der Waals surface area contributed by atoms with Gasteiger partial charge in [-0.25, -0.2) is 9.69 Å². The fourth-order valence-corrected chi connectivity index (χ4v) is 5.46. The molecule has 0 spiro atoms. The van der Waals surface area contributed by atoms with Crippen molar-refractivity contribution in [3.63, 3.8) is 0 Å². The minimum absolute atomic E-state index is 0.202. The zero-order valence-corrected chi connectivity index (χ0v) is 20.2. The van der Waals surface area contributed by atoms with Crippen LogP contribution in [0.5, 0.6) is 0 Å². The molecule has 0 bridgehead atoms. The number of nitrogens with one attached hydrogen (secondary N) is 1. The lowest BCUT2D eigenvalue weighted by Gasteiger charge is -2.20. The maximum atomic E-state index is 13.3. The van der Waals surface area contributed by atoms with Gasteiger partial charge < -0.3 is 0 Å². The maximum Gasteiger partial charge on any atom is 0.286 e. The highest BCUT2D eigenvalue weighted by Crippen LogP contribution is 2.38. The van der Waals surface area contributed by atoms with E-state index in [-0.39, 0.29) is 5.91 Å². The molecule has 0 atom stereocenters. The van der Waals surface area contributed by atoms with Crippen LogP contribution in [0.1, 0.15) is 48.7 Å². The van der Waals surface area contributed by atoms with Gasteiger partial charge in [0.05, 0.1) is 25.6 Å². The number of amides is 1. The third-order valence-corrected chi connectivity index (χ3v) is 7.14. The van der Waals surface area contributed by atoms with E-state index in [1.54, 1.807) is 16.8 Å². The first kappa shape index (κ1) is 22.6. The molecule has 1 saturated heterocycles. The van der Waals surface area contributed by atoms with E-state index in [0.717, 1.165) is 42.1 Å². The molecular formula is C22H23Cl3N4OS. The number of benzene rings is 1. The molecule has 1 N–H and O–H groups in total. The Morgan fingerprint density at radius 3 is 2.45 bits per heavy atom. The van der Waals surface area contributed by atoms with Gasteiger partial charge in [0.25, 0.3) is 5.91 Å². The Labute approximate surface area is 200 Å². The fourth-order valence-electron chi connectivity index (χ4n) is 3.87. The number of aromatic nitrogens is 2. The summed E-state index contributed by atoms with van der Waals surface area (Å²) in [5.41, 5.74) is 5.81. The van der Waals surface area contributed by atoms with Crippen LogP contribution in [0, 0.1) is 0 Å². The molecule has 3 heterocycles. The SMILES string of the molecule is CCc1c(C(=O)NN2CCCCCC2)nn(-c2ccc(Cl)cc2Cl)c1-c1ccc(Cl)s1. The Balaban J connectivity index is 1.80. The molecule has 1 aliphatic rings. The highest BCUT2D eigenvalue weighted by atomic mass is 35.5.